The summed E-state index contributed by atoms with van der Waals surface area (Å²) in [4.78, 5) is 11.2. The van der Waals surface area contributed by atoms with Crippen LogP contribution in [0.3, 0.4) is 0 Å². The van der Waals surface area contributed by atoms with Gasteiger partial charge in [0.05, 0.1) is 12.1 Å². The van der Waals surface area contributed by atoms with E-state index in [0.717, 1.165) is 34.6 Å². The number of aryl methyl sites for hydroxylation is 1. The lowest BCUT2D eigenvalue weighted by atomic mass is 10.1. The second kappa shape index (κ2) is 5.22. The van der Waals surface area contributed by atoms with Crippen LogP contribution in [0.2, 0.25) is 0 Å². The molecule has 0 unspecified atom stereocenters. The fourth-order valence-electron chi connectivity index (χ4n) is 1.48. The van der Waals surface area contributed by atoms with Crippen molar-refractivity contribution >= 4 is 17.5 Å². The Kier molecular flexibility index (Phi) is 3.66. The molecule has 6 heteroatoms. The van der Waals surface area contributed by atoms with Crippen molar-refractivity contribution in [3.05, 3.63) is 40.8 Å². The number of rotatable bonds is 4. The molecule has 0 fully saturated rings. The Bertz CT molecular complexity index is 583. The van der Waals surface area contributed by atoms with Crippen molar-refractivity contribution in [3.63, 3.8) is 0 Å². The van der Waals surface area contributed by atoms with E-state index in [1.54, 1.807) is 6.07 Å². The van der Waals surface area contributed by atoms with E-state index in [9.17, 15) is 13.6 Å². The first kappa shape index (κ1) is 12.6. The number of aromatic nitrogens is 1. The molecule has 1 aromatic carbocycles. The SMILES string of the molecule is O=C(O)CCc1cc(-c2cc(F)ccc2F)ns1. The van der Waals surface area contributed by atoms with Crippen LogP contribution < -0.4 is 0 Å². The standard InChI is InChI=1S/C12H9F2NO2S/c13-7-1-3-10(14)9(5-7)11-6-8(18-15-11)2-4-12(16)17/h1,3,5-6H,2,4H2,(H,16,17). The molecule has 0 spiro atoms. The maximum absolute atomic E-state index is 13.5. The van der Waals surface area contributed by atoms with E-state index < -0.39 is 17.6 Å². The Balaban J connectivity index is 2.23. The first-order valence-corrected chi connectivity index (χ1v) is 5.96. The summed E-state index contributed by atoms with van der Waals surface area (Å²) < 4.78 is 30.5. The third kappa shape index (κ3) is 2.89. The Hall–Kier alpha value is -1.82. The van der Waals surface area contributed by atoms with Crippen LogP contribution in [-0.2, 0) is 11.2 Å². The average molecular weight is 269 g/mol. The van der Waals surface area contributed by atoms with Gasteiger partial charge in [-0.05, 0) is 42.2 Å². The quantitative estimate of drug-likeness (QED) is 0.927. The first-order chi connectivity index (χ1) is 8.56. The highest BCUT2D eigenvalue weighted by Gasteiger charge is 2.11. The predicted octanol–water partition coefficient (Wildman–Crippen LogP) is 3.11. The molecular weight excluding hydrogens is 260 g/mol. The smallest absolute Gasteiger partial charge is 0.303 e. The lowest BCUT2D eigenvalue weighted by molar-refractivity contribution is -0.136. The van der Waals surface area contributed by atoms with Crippen molar-refractivity contribution in [2.24, 2.45) is 0 Å². The van der Waals surface area contributed by atoms with Gasteiger partial charge in [0.1, 0.15) is 11.6 Å². The molecule has 0 atom stereocenters. The van der Waals surface area contributed by atoms with Crippen LogP contribution in [0.5, 0.6) is 0 Å². The van der Waals surface area contributed by atoms with Crippen LogP contribution in [0.4, 0.5) is 8.78 Å². The molecule has 0 aliphatic carbocycles. The van der Waals surface area contributed by atoms with E-state index in [1.807, 2.05) is 0 Å². The van der Waals surface area contributed by atoms with E-state index in [-0.39, 0.29) is 12.0 Å². The van der Waals surface area contributed by atoms with E-state index in [0.29, 0.717) is 12.1 Å². The number of hydrogen-bond donors (Lipinski definition) is 1. The average Bonchev–Trinajstić information content (AvgIpc) is 2.78. The van der Waals surface area contributed by atoms with Gasteiger partial charge >= 0.3 is 5.97 Å². The predicted molar refractivity (Wildman–Crippen MR) is 63.4 cm³/mol. The molecule has 0 bridgehead atoms. The van der Waals surface area contributed by atoms with E-state index in [2.05, 4.69) is 4.37 Å². The molecule has 1 heterocycles. The largest absolute Gasteiger partial charge is 0.481 e. The summed E-state index contributed by atoms with van der Waals surface area (Å²) >= 11 is 1.10. The highest BCUT2D eigenvalue weighted by atomic mass is 32.1. The van der Waals surface area contributed by atoms with Gasteiger partial charge in [-0.3, -0.25) is 4.79 Å². The second-order valence-corrected chi connectivity index (χ2v) is 4.59. The number of nitrogens with zero attached hydrogens (tertiary/aromatic N) is 1. The summed E-state index contributed by atoms with van der Waals surface area (Å²) in [7, 11) is 0. The Morgan fingerprint density at radius 3 is 2.83 bits per heavy atom. The van der Waals surface area contributed by atoms with Gasteiger partial charge in [0.2, 0.25) is 0 Å². The van der Waals surface area contributed by atoms with E-state index in [4.69, 9.17) is 5.11 Å². The van der Waals surface area contributed by atoms with Gasteiger partial charge in [0.25, 0.3) is 0 Å². The molecule has 18 heavy (non-hydrogen) atoms. The molecule has 0 radical (unpaired) electrons. The third-order valence-corrected chi connectivity index (χ3v) is 3.19. The van der Waals surface area contributed by atoms with Crippen LogP contribution in [-0.4, -0.2) is 15.4 Å². The van der Waals surface area contributed by atoms with Crippen LogP contribution >= 0.6 is 11.5 Å². The molecule has 0 amide bonds. The van der Waals surface area contributed by atoms with Crippen molar-refractivity contribution in [3.8, 4) is 11.3 Å². The van der Waals surface area contributed by atoms with Crippen LogP contribution in [0.25, 0.3) is 11.3 Å². The molecule has 1 N–H and O–H groups in total. The van der Waals surface area contributed by atoms with Crippen LogP contribution in [0, 0.1) is 11.6 Å². The van der Waals surface area contributed by atoms with E-state index >= 15 is 0 Å². The number of halogens is 2. The van der Waals surface area contributed by atoms with Crippen molar-refractivity contribution < 1.29 is 18.7 Å². The molecule has 2 rings (SSSR count). The van der Waals surface area contributed by atoms with Gasteiger partial charge in [-0.25, -0.2) is 8.78 Å². The van der Waals surface area contributed by atoms with Gasteiger partial charge in [-0.1, -0.05) is 0 Å². The number of benzene rings is 1. The molecule has 0 saturated carbocycles. The number of carbonyl (C=O) groups is 1. The Labute approximate surface area is 106 Å². The number of carboxylic acid groups (broad SMARTS) is 1. The zero-order chi connectivity index (χ0) is 13.1. The number of hydrogen-bond acceptors (Lipinski definition) is 3. The van der Waals surface area contributed by atoms with Gasteiger partial charge < -0.3 is 5.11 Å². The monoisotopic (exact) mass is 269 g/mol. The summed E-state index contributed by atoms with van der Waals surface area (Å²) in [6.45, 7) is 0. The third-order valence-electron chi connectivity index (χ3n) is 2.35. The molecule has 3 nitrogen and oxygen atoms in total. The fourth-order valence-corrected chi connectivity index (χ4v) is 2.21. The lowest BCUT2D eigenvalue weighted by Crippen LogP contribution is -1.95. The number of carboxylic acids is 1. The minimum atomic E-state index is -0.901. The van der Waals surface area contributed by atoms with Crippen molar-refractivity contribution in [1.82, 2.24) is 4.37 Å². The van der Waals surface area contributed by atoms with Gasteiger partial charge in [0.15, 0.2) is 0 Å². The molecular formula is C12H9F2NO2S. The zero-order valence-corrected chi connectivity index (χ0v) is 10.0. The fraction of sp³-hybridized carbons (Fsp3) is 0.167. The topological polar surface area (TPSA) is 50.2 Å². The molecule has 2 aromatic rings. The van der Waals surface area contributed by atoms with Crippen LogP contribution in [0.1, 0.15) is 11.3 Å². The van der Waals surface area contributed by atoms with Crippen molar-refractivity contribution in [2.75, 3.05) is 0 Å². The first-order valence-electron chi connectivity index (χ1n) is 5.19. The van der Waals surface area contributed by atoms with Gasteiger partial charge in [-0.15, -0.1) is 0 Å². The number of aliphatic carboxylic acids is 1. The minimum absolute atomic E-state index is 0.00668. The summed E-state index contributed by atoms with van der Waals surface area (Å²) in [6, 6.07) is 4.74. The lowest BCUT2D eigenvalue weighted by Gasteiger charge is -1.98. The highest BCUT2D eigenvalue weighted by Crippen LogP contribution is 2.26. The van der Waals surface area contributed by atoms with Gasteiger partial charge in [0, 0.05) is 10.4 Å². The van der Waals surface area contributed by atoms with Crippen molar-refractivity contribution in [1.29, 1.82) is 0 Å². The molecule has 94 valence electrons. The maximum Gasteiger partial charge on any atom is 0.303 e. The van der Waals surface area contributed by atoms with Crippen molar-refractivity contribution in [2.45, 2.75) is 12.8 Å². The molecule has 0 aliphatic rings. The highest BCUT2D eigenvalue weighted by molar-refractivity contribution is 7.06. The summed E-state index contributed by atoms with van der Waals surface area (Å²) in [5.74, 6) is -1.99. The normalized spacial score (nSPS) is 10.6. The Morgan fingerprint density at radius 1 is 1.33 bits per heavy atom. The van der Waals surface area contributed by atoms with Crippen LogP contribution in [0.15, 0.2) is 24.3 Å². The van der Waals surface area contributed by atoms with Gasteiger partial charge in [-0.2, -0.15) is 4.37 Å². The van der Waals surface area contributed by atoms with E-state index in [1.165, 1.54) is 0 Å². The molecule has 0 saturated heterocycles. The second-order valence-electron chi connectivity index (χ2n) is 3.70. The summed E-state index contributed by atoms with van der Waals surface area (Å²) in [5, 5.41) is 8.55. The summed E-state index contributed by atoms with van der Waals surface area (Å²) in [6.07, 6.45) is 0.331. The zero-order valence-electron chi connectivity index (χ0n) is 9.19. The molecule has 1 aromatic heterocycles. The Morgan fingerprint density at radius 2 is 2.11 bits per heavy atom. The summed E-state index contributed by atoms with van der Waals surface area (Å²) in [5.41, 5.74) is 0.421. The molecule has 0 aliphatic heterocycles. The minimum Gasteiger partial charge on any atom is -0.481 e. The maximum atomic E-state index is 13.5.